The van der Waals surface area contributed by atoms with Crippen LogP contribution in [0.25, 0.3) is 0 Å². The molecule has 2 heterocycles. The molecule has 1 aromatic rings. The van der Waals surface area contributed by atoms with Gasteiger partial charge in [0.25, 0.3) is 0 Å². The quantitative estimate of drug-likeness (QED) is 0.929. The van der Waals surface area contributed by atoms with Crippen LogP contribution < -0.4 is 14.8 Å². The number of hydrogen-bond acceptors (Lipinski definition) is 4. The van der Waals surface area contributed by atoms with Crippen LogP contribution in [0.1, 0.15) is 34.1 Å². The van der Waals surface area contributed by atoms with Gasteiger partial charge in [0.05, 0.1) is 11.2 Å². The van der Waals surface area contributed by atoms with Crippen LogP contribution in [0, 0.1) is 0 Å². The molecule has 1 saturated heterocycles. The second-order valence-corrected chi connectivity index (χ2v) is 7.13. The fraction of sp³-hybridized carbons (Fsp3) is 0.647. The van der Waals surface area contributed by atoms with Crippen LogP contribution in [0.3, 0.4) is 0 Å². The van der Waals surface area contributed by atoms with E-state index < -0.39 is 0 Å². The first-order chi connectivity index (χ1) is 9.86. The van der Waals surface area contributed by atoms with Crippen molar-refractivity contribution in [1.29, 1.82) is 0 Å². The van der Waals surface area contributed by atoms with Gasteiger partial charge in [-0.2, -0.15) is 0 Å². The van der Waals surface area contributed by atoms with Crippen molar-refractivity contribution in [1.82, 2.24) is 5.32 Å². The molecule has 2 aliphatic heterocycles. The summed E-state index contributed by atoms with van der Waals surface area (Å²) < 4.78 is 17.8. The van der Waals surface area contributed by atoms with Crippen molar-refractivity contribution in [2.75, 3.05) is 13.2 Å². The van der Waals surface area contributed by atoms with Crippen molar-refractivity contribution < 1.29 is 14.2 Å². The van der Waals surface area contributed by atoms with Crippen molar-refractivity contribution >= 4 is 0 Å². The van der Waals surface area contributed by atoms with Gasteiger partial charge in [-0.1, -0.05) is 12.1 Å². The zero-order valence-electron chi connectivity index (χ0n) is 13.3. The topological polar surface area (TPSA) is 39.7 Å². The highest BCUT2D eigenvalue weighted by Crippen LogP contribution is 2.37. The molecule has 4 heteroatoms. The molecular weight excluding hydrogens is 266 g/mol. The highest BCUT2D eigenvalue weighted by Gasteiger charge is 2.45. The smallest absolute Gasteiger partial charge is 0.161 e. The lowest BCUT2D eigenvalue weighted by Gasteiger charge is -2.31. The van der Waals surface area contributed by atoms with Crippen molar-refractivity contribution in [2.45, 2.75) is 57.5 Å². The summed E-state index contributed by atoms with van der Waals surface area (Å²) >= 11 is 0. The number of nitrogens with one attached hydrogen (secondary N) is 1. The Bertz CT molecular complexity index is 513. The Labute approximate surface area is 126 Å². The van der Waals surface area contributed by atoms with Crippen molar-refractivity contribution in [2.24, 2.45) is 0 Å². The van der Waals surface area contributed by atoms with Crippen molar-refractivity contribution in [3.8, 4) is 11.5 Å². The van der Waals surface area contributed by atoms with E-state index in [1.807, 2.05) is 24.3 Å². The number of fused-ring (bicyclic) bond motifs is 1. The molecule has 0 aromatic heterocycles. The molecule has 0 spiro atoms. The Morgan fingerprint density at radius 2 is 1.86 bits per heavy atom. The number of para-hydroxylation sites is 2. The molecule has 1 aromatic carbocycles. The monoisotopic (exact) mass is 291 g/mol. The molecule has 1 N–H and O–H groups in total. The van der Waals surface area contributed by atoms with Gasteiger partial charge in [-0.3, -0.25) is 0 Å². The van der Waals surface area contributed by atoms with Gasteiger partial charge < -0.3 is 19.5 Å². The fourth-order valence-electron chi connectivity index (χ4n) is 3.32. The first kappa shape index (κ1) is 14.7. The molecule has 2 unspecified atom stereocenters. The Hall–Kier alpha value is -1.26. The van der Waals surface area contributed by atoms with Crippen LogP contribution in [-0.4, -0.2) is 36.5 Å². The van der Waals surface area contributed by atoms with Crippen LogP contribution in [0.15, 0.2) is 24.3 Å². The largest absolute Gasteiger partial charge is 0.486 e. The van der Waals surface area contributed by atoms with Crippen molar-refractivity contribution in [3.63, 3.8) is 0 Å². The third kappa shape index (κ3) is 3.16. The second-order valence-electron chi connectivity index (χ2n) is 7.13. The normalized spacial score (nSPS) is 29.3. The molecule has 4 nitrogen and oxygen atoms in total. The molecule has 116 valence electrons. The van der Waals surface area contributed by atoms with Gasteiger partial charge in [0.1, 0.15) is 12.7 Å². The third-order valence-electron chi connectivity index (χ3n) is 4.23. The van der Waals surface area contributed by atoms with E-state index in [4.69, 9.17) is 14.2 Å². The average Bonchev–Trinajstić information content (AvgIpc) is 2.63. The van der Waals surface area contributed by atoms with Gasteiger partial charge >= 0.3 is 0 Å². The van der Waals surface area contributed by atoms with E-state index in [-0.39, 0.29) is 17.3 Å². The second kappa shape index (κ2) is 5.18. The van der Waals surface area contributed by atoms with Crippen LogP contribution in [-0.2, 0) is 4.74 Å². The summed E-state index contributed by atoms with van der Waals surface area (Å²) in [5.74, 6) is 1.66. The molecule has 0 bridgehead atoms. The van der Waals surface area contributed by atoms with Crippen LogP contribution in [0.2, 0.25) is 0 Å². The summed E-state index contributed by atoms with van der Waals surface area (Å²) in [6.45, 7) is 9.93. The molecule has 0 saturated carbocycles. The molecule has 0 aliphatic carbocycles. The highest BCUT2D eigenvalue weighted by molar-refractivity contribution is 5.40. The van der Waals surface area contributed by atoms with E-state index in [0.717, 1.165) is 24.5 Å². The Morgan fingerprint density at radius 3 is 2.52 bits per heavy atom. The summed E-state index contributed by atoms with van der Waals surface area (Å²) in [4.78, 5) is 0. The summed E-state index contributed by atoms with van der Waals surface area (Å²) in [5, 5.41) is 3.60. The highest BCUT2D eigenvalue weighted by atomic mass is 16.6. The van der Waals surface area contributed by atoms with E-state index in [0.29, 0.717) is 12.6 Å². The third-order valence-corrected chi connectivity index (χ3v) is 4.23. The Morgan fingerprint density at radius 1 is 1.14 bits per heavy atom. The minimum Gasteiger partial charge on any atom is -0.486 e. The fourth-order valence-corrected chi connectivity index (χ4v) is 3.32. The zero-order valence-corrected chi connectivity index (χ0v) is 13.3. The summed E-state index contributed by atoms with van der Waals surface area (Å²) in [7, 11) is 0. The molecule has 2 aliphatic rings. The minimum atomic E-state index is -0.156. The van der Waals surface area contributed by atoms with Gasteiger partial charge in [0.15, 0.2) is 11.5 Å². The predicted octanol–water partition coefficient (Wildman–Crippen LogP) is 2.76. The molecule has 0 amide bonds. The Balaban J connectivity index is 1.57. The molecular formula is C17H25NO3. The van der Waals surface area contributed by atoms with Crippen molar-refractivity contribution in [3.05, 3.63) is 24.3 Å². The van der Waals surface area contributed by atoms with E-state index in [1.54, 1.807) is 0 Å². The number of ether oxygens (including phenoxy) is 3. The molecule has 3 rings (SSSR count). The maximum atomic E-state index is 6.11. The molecule has 0 radical (unpaired) electrons. The van der Waals surface area contributed by atoms with E-state index in [1.165, 1.54) is 0 Å². The average molecular weight is 291 g/mol. The first-order valence-corrected chi connectivity index (χ1v) is 7.68. The summed E-state index contributed by atoms with van der Waals surface area (Å²) in [5.41, 5.74) is -0.228. The maximum absolute atomic E-state index is 6.11. The standard InChI is InChI=1S/C17H25NO3/c1-16(2)9-15(17(3,4)21-16)18-10-12-11-19-13-7-5-6-8-14(13)20-12/h5-8,12,15,18H,9-11H2,1-4H3. The zero-order chi connectivity index (χ0) is 15.1. The van der Waals surface area contributed by atoms with Gasteiger partial charge in [-0.25, -0.2) is 0 Å². The number of benzene rings is 1. The Kier molecular flexibility index (Phi) is 3.62. The van der Waals surface area contributed by atoms with Crippen LogP contribution in [0.5, 0.6) is 11.5 Å². The lowest BCUT2D eigenvalue weighted by atomic mass is 9.94. The molecule has 21 heavy (non-hydrogen) atoms. The maximum Gasteiger partial charge on any atom is 0.161 e. The lowest BCUT2D eigenvalue weighted by Crippen LogP contribution is -2.48. The van der Waals surface area contributed by atoms with Gasteiger partial charge in [0, 0.05) is 12.6 Å². The van der Waals surface area contributed by atoms with E-state index >= 15 is 0 Å². The van der Waals surface area contributed by atoms with Crippen LogP contribution in [0.4, 0.5) is 0 Å². The summed E-state index contributed by atoms with van der Waals surface area (Å²) in [6, 6.07) is 8.14. The first-order valence-electron chi connectivity index (χ1n) is 7.68. The SMILES string of the molecule is CC1(C)CC(NCC2COc3ccccc3O2)C(C)(C)O1. The summed E-state index contributed by atoms with van der Waals surface area (Å²) in [6.07, 6.45) is 1.05. The van der Waals surface area contributed by atoms with Crippen LogP contribution >= 0.6 is 0 Å². The predicted molar refractivity (Wildman–Crippen MR) is 82.0 cm³/mol. The van der Waals surface area contributed by atoms with Gasteiger partial charge in [-0.05, 0) is 46.2 Å². The van der Waals surface area contributed by atoms with E-state index in [9.17, 15) is 0 Å². The van der Waals surface area contributed by atoms with E-state index in [2.05, 4.69) is 33.0 Å². The molecule has 2 atom stereocenters. The van der Waals surface area contributed by atoms with Gasteiger partial charge in [-0.15, -0.1) is 0 Å². The van der Waals surface area contributed by atoms with Gasteiger partial charge in [0.2, 0.25) is 0 Å². The molecule has 1 fully saturated rings. The number of rotatable bonds is 3. The lowest BCUT2D eigenvalue weighted by molar-refractivity contribution is -0.0703. The minimum absolute atomic E-state index is 0.0411. The number of hydrogen-bond donors (Lipinski definition) is 1.